The van der Waals surface area contributed by atoms with Gasteiger partial charge < -0.3 is 5.32 Å². The van der Waals surface area contributed by atoms with E-state index >= 15 is 0 Å². The van der Waals surface area contributed by atoms with Crippen LogP contribution in [0.2, 0.25) is 0 Å². The van der Waals surface area contributed by atoms with Gasteiger partial charge >= 0.3 is 0 Å². The van der Waals surface area contributed by atoms with Gasteiger partial charge in [-0.05, 0) is 53.8 Å². The maximum Gasteiger partial charge on any atom is 0.255 e. The van der Waals surface area contributed by atoms with Gasteiger partial charge in [0, 0.05) is 30.6 Å². The number of hydrogen-bond acceptors (Lipinski definition) is 4. The molecule has 3 aromatic carbocycles. The van der Waals surface area contributed by atoms with Crippen molar-refractivity contribution < 1.29 is 13.2 Å². The van der Waals surface area contributed by atoms with E-state index in [1.54, 1.807) is 43.1 Å². The second kappa shape index (κ2) is 9.93. The Morgan fingerprint density at radius 1 is 0.900 bits per heavy atom. The van der Waals surface area contributed by atoms with Crippen molar-refractivity contribution in [3.8, 4) is 0 Å². The highest BCUT2D eigenvalue weighted by Gasteiger charge is 2.21. The van der Waals surface area contributed by atoms with Crippen LogP contribution in [-0.2, 0) is 22.3 Å². The molecule has 0 aromatic heterocycles. The first-order chi connectivity index (χ1) is 14.4. The van der Waals surface area contributed by atoms with Crippen molar-refractivity contribution in [2.45, 2.75) is 17.2 Å². The van der Waals surface area contributed by atoms with Gasteiger partial charge in [0.2, 0.25) is 10.0 Å². The maximum absolute atomic E-state index is 12.8. The zero-order valence-electron chi connectivity index (χ0n) is 16.9. The predicted molar refractivity (Wildman–Crippen MR) is 123 cm³/mol. The van der Waals surface area contributed by atoms with Gasteiger partial charge in [-0.2, -0.15) is 16.1 Å². The number of anilines is 1. The third-order valence-electron chi connectivity index (χ3n) is 4.60. The van der Waals surface area contributed by atoms with Gasteiger partial charge in [-0.3, -0.25) is 4.79 Å². The van der Waals surface area contributed by atoms with E-state index in [0.29, 0.717) is 11.3 Å². The fourth-order valence-corrected chi connectivity index (χ4v) is 4.62. The van der Waals surface area contributed by atoms with E-state index in [0.717, 1.165) is 16.9 Å². The lowest BCUT2D eigenvalue weighted by Gasteiger charge is -2.17. The molecule has 0 fully saturated rings. The molecule has 0 aliphatic heterocycles. The van der Waals surface area contributed by atoms with Crippen LogP contribution in [0.1, 0.15) is 21.5 Å². The van der Waals surface area contributed by atoms with E-state index in [1.807, 2.05) is 48.7 Å². The monoisotopic (exact) mass is 440 g/mol. The summed E-state index contributed by atoms with van der Waals surface area (Å²) < 4.78 is 26.9. The molecule has 3 aromatic rings. The zero-order valence-corrected chi connectivity index (χ0v) is 18.5. The Hall–Kier alpha value is -2.61. The molecule has 0 unspecified atom stereocenters. The molecule has 156 valence electrons. The van der Waals surface area contributed by atoms with Gasteiger partial charge in [-0.25, -0.2) is 8.42 Å². The van der Waals surface area contributed by atoms with Crippen LogP contribution in [0.4, 0.5) is 5.69 Å². The second-order valence-electron chi connectivity index (χ2n) is 6.86. The number of nitrogens with one attached hydrogen (secondary N) is 1. The quantitative estimate of drug-likeness (QED) is 0.555. The minimum Gasteiger partial charge on any atom is -0.322 e. The van der Waals surface area contributed by atoms with E-state index in [2.05, 4.69) is 5.32 Å². The molecule has 0 saturated carbocycles. The number of rotatable bonds is 8. The van der Waals surface area contributed by atoms with Crippen molar-refractivity contribution in [2.24, 2.45) is 0 Å². The van der Waals surface area contributed by atoms with Crippen molar-refractivity contribution in [3.63, 3.8) is 0 Å². The number of amides is 1. The largest absolute Gasteiger partial charge is 0.322 e. The SMILES string of the molecule is CSCc1ccc(C(=O)Nc2ccc(S(=O)(=O)N(C)Cc3ccccc3)cc2)cc1. The molecule has 0 radical (unpaired) electrons. The summed E-state index contributed by atoms with van der Waals surface area (Å²) in [6.45, 7) is 0.286. The molecular formula is C23H24N2O3S2. The first kappa shape index (κ1) is 22.1. The van der Waals surface area contributed by atoms with E-state index < -0.39 is 10.0 Å². The number of sulfonamides is 1. The third kappa shape index (κ3) is 5.50. The van der Waals surface area contributed by atoms with E-state index in [9.17, 15) is 13.2 Å². The summed E-state index contributed by atoms with van der Waals surface area (Å²) in [6, 6.07) is 23.1. The third-order valence-corrected chi connectivity index (χ3v) is 7.04. The molecule has 0 spiro atoms. The lowest BCUT2D eigenvalue weighted by Crippen LogP contribution is -2.26. The fraction of sp³-hybridized carbons (Fsp3) is 0.174. The molecule has 30 heavy (non-hydrogen) atoms. The van der Waals surface area contributed by atoms with Gasteiger partial charge in [0.1, 0.15) is 0 Å². The number of thioether (sulfide) groups is 1. The second-order valence-corrected chi connectivity index (χ2v) is 9.77. The van der Waals surface area contributed by atoms with Crippen LogP contribution in [0.15, 0.2) is 83.8 Å². The summed E-state index contributed by atoms with van der Waals surface area (Å²) in [4.78, 5) is 12.6. The van der Waals surface area contributed by atoms with Crippen LogP contribution < -0.4 is 5.32 Å². The summed E-state index contributed by atoms with van der Waals surface area (Å²) >= 11 is 1.72. The van der Waals surface area contributed by atoms with Gasteiger partial charge in [-0.15, -0.1) is 0 Å². The van der Waals surface area contributed by atoms with Gasteiger partial charge in [0.15, 0.2) is 0 Å². The minimum atomic E-state index is -3.63. The number of benzene rings is 3. The Bertz CT molecular complexity index is 1080. The summed E-state index contributed by atoms with van der Waals surface area (Å²) in [5.74, 6) is 0.666. The van der Waals surface area contributed by atoms with Crippen LogP contribution in [0.5, 0.6) is 0 Å². The van der Waals surface area contributed by atoms with E-state index in [4.69, 9.17) is 0 Å². The molecule has 3 rings (SSSR count). The van der Waals surface area contributed by atoms with Crippen molar-refractivity contribution in [1.29, 1.82) is 0 Å². The topological polar surface area (TPSA) is 66.5 Å². The molecule has 0 aliphatic rings. The Morgan fingerprint density at radius 3 is 2.13 bits per heavy atom. The smallest absolute Gasteiger partial charge is 0.255 e. The lowest BCUT2D eigenvalue weighted by atomic mass is 10.1. The van der Waals surface area contributed by atoms with Crippen molar-refractivity contribution in [1.82, 2.24) is 4.31 Å². The van der Waals surface area contributed by atoms with Gasteiger partial charge in [0.05, 0.1) is 4.90 Å². The molecule has 1 N–H and O–H groups in total. The zero-order chi connectivity index (χ0) is 21.6. The summed E-state index contributed by atoms with van der Waals surface area (Å²) in [7, 11) is -2.07. The molecule has 0 aliphatic carbocycles. The molecule has 1 amide bonds. The fourth-order valence-electron chi connectivity index (χ4n) is 2.94. The highest BCUT2D eigenvalue weighted by molar-refractivity contribution is 7.97. The summed E-state index contributed by atoms with van der Waals surface area (Å²) in [5.41, 5.74) is 3.17. The molecule has 0 heterocycles. The summed E-state index contributed by atoms with van der Waals surface area (Å²) in [5, 5.41) is 2.80. The van der Waals surface area contributed by atoms with Crippen molar-refractivity contribution in [2.75, 3.05) is 18.6 Å². The first-order valence-corrected chi connectivity index (χ1v) is 12.2. The highest BCUT2D eigenvalue weighted by atomic mass is 32.2. The van der Waals surface area contributed by atoms with Gasteiger partial charge in [-0.1, -0.05) is 42.5 Å². The van der Waals surface area contributed by atoms with Crippen LogP contribution in [0.3, 0.4) is 0 Å². The molecule has 7 heteroatoms. The van der Waals surface area contributed by atoms with Crippen LogP contribution in [0, 0.1) is 0 Å². The number of nitrogens with zero attached hydrogens (tertiary/aromatic N) is 1. The number of hydrogen-bond donors (Lipinski definition) is 1. The Labute approximate surface area is 182 Å². The molecule has 0 bridgehead atoms. The van der Waals surface area contributed by atoms with E-state index in [1.165, 1.54) is 16.4 Å². The van der Waals surface area contributed by atoms with Crippen molar-refractivity contribution >= 4 is 33.4 Å². The average Bonchev–Trinajstić information content (AvgIpc) is 2.75. The predicted octanol–water partition coefficient (Wildman–Crippen LogP) is 4.62. The van der Waals surface area contributed by atoms with Crippen molar-refractivity contribution in [3.05, 3.63) is 95.6 Å². The molecular weight excluding hydrogens is 416 g/mol. The highest BCUT2D eigenvalue weighted by Crippen LogP contribution is 2.20. The lowest BCUT2D eigenvalue weighted by molar-refractivity contribution is 0.102. The minimum absolute atomic E-state index is 0.181. The summed E-state index contributed by atoms with van der Waals surface area (Å²) in [6.07, 6.45) is 2.03. The standard InChI is InChI=1S/C23H24N2O3S2/c1-25(16-18-6-4-3-5-7-18)30(27,28)22-14-12-21(13-15-22)24-23(26)20-10-8-19(9-11-20)17-29-2/h3-15H,16-17H2,1-2H3,(H,24,26). The Kier molecular flexibility index (Phi) is 7.31. The Balaban J connectivity index is 1.67. The maximum atomic E-state index is 12.8. The Morgan fingerprint density at radius 2 is 1.53 bits per heavy atom. The number of carbonyl (C=O) groups is 1. The number of carbonyl (C=O) groups excluding carboxylic acids is 1. The average molecular weight is 441 g/mol. The van der Waals surface area contributed by atoms with E-state index in [-0.39, 0.29) is 17.3 Å². The van der Waals surface area contributed by atoms with Crippen LogP contribution >= 0.6 is 11.8 Å². The molecule has 0 atom stereocenters. The van der Waals surface area contributed by atoms with Crippen LogP contribution in [-0.4, -0.2) is 31.9 Å². The van der Waals surface area contributed by atoms with Gasteiger partial charge in [0.25, 0.3) is 5.91 Å². The molecule has 0 saturated heterocycles. The van der Waals surface area contributed by atoms with Crippen LogP contribution in [0.25, 0.3) is 0 Å². The first-order valence-electron chi connectivity index (χ1n) is 9.40. The molecule has 5 nitrogen and oxygen atoms in total. The normalized spacial score (nSPS) is 11.4.